The lowest BCUT2D eigenvalue weighted by Gasteiger charge is -2.28. The fourth-order valence-electron chi connectivity index (χ4n) is 3.50. The van der Waals surface area contributed by atoms with Crippen molar-refractivity contribution in [2.24, 2.45) is 10.4 Å². The summed E-state index contributed by atoms with van der Waals surface area (Å²) in [4.78, 5) is 6.86. The first kappa shape index (κ1) is 18.5. The fourth-order valence-corrected chi connectivity index (χ4v) is 3.50. The van der Waals surface area contributed by atoms with Gasteiger partial charge >= 0.3 is 0 Å². The summed E-state index contributed by atoms with van der Waals surface area (Å²) in [7, 11) is 1.81. The molecule has 134 valence electrons. The maximum atomic E-state index is 9.29. The molecule has 0 radical (unpaired) electrons. The third-order valence-corrected chi connectivity index (χ3v) is 5.10. The Balaban J connectivity index is 1.68. The van der Waals surface area contributed by atoms with E-state index >= 15 is 0 Å². The van der Waals surface area contributed by atoms with Crippen molar-refractivity contribution in [3.05, 3.63) is 0 Å². The van der Waals surface area contributed by atoms with E-state index in [-0.39, 0.29) is 12.0 Å². The molecule has 3 N–H and O–H groups in total. The number of ether oxygens (including phenoxy) is 1. The van der Waals surface area contributed by atoms with E-state index < -0.39 is 0 Å². The van der Waals surface area contributed by atoms with Crippen molar-refractivity contribution >= 4 is 5.96 Å². The summed E-state index contributed by atoms with van der Waals surface area (Å²) >= 11 is 0. The summed E-state index contributed by atoms with van der Waals surface area (Å²) < 4.78 is 5.53. The van der Waals surface area contributed by atoms with Gasteiger partial charge in [0, 0.05) is 45.3 Å². The molecule has 0 saturated carbocycles. The molecule has 0 aromatic rings. The molecule has 6 heteroatoms. The van der Waals surface area contributed by atoms with Gasteiger partial charge in [-0.25, -0.2) is 0 Å². The predicted molar refractivity (Wildman–Crippen MR) is 93.8 cm³/mol. The summed E-state index contributed by atoms with van der Waals surface area (Å²) in [5, 5.41) is 16.1. The first-order chi connectivity index (χ1) is 11.3. The zero-order chi connectivity index (χ0) is 16.4. The number of guanidine groups is 1. The highest BCUT2D eigenvalue weighted by molar-refractivity contribution is 5.79. The van der Waals surface area contributed by atoms with Crippen LogP contribution in [0, 0.1) is 5.41 Å². The second-order valence-electron chi connectivity index (χ2n) is 6.88. The molecule has 0 bridgehead atoms. The number of hydrogen-bond acceptors (Lipinski definition) is 4. The maximum absolute atomic E-state index is 9.29. The Morgan fingerprint density at radius 3 is 2.61 bits per heavy atom. The smallest absolute Gasteiger partial charge is 0.191 e. The third kappa shape index (κ3) is 6.28. The topological polar surface area (TPSA) is 69.1 Å². The SMILES string of the molecule is CN=C(NCCN1CCCCCC1)NCC1(CCO)CCOC1. The summed E-state index contributed by atoms with van der Waals surface area (Å²) in [6, 6.07) is 0. The highest BCUT2D eigenvalue weighted by Crippen LogP contribution is 2.31. The number of hydrogen-bond donors (Lipinski definition) is 3. The highest BCUT2D eigenvalue weighted by atomic mass is 16.5. The van der Waals surface area contributed by atoms with Crippen LogP contribution in [-0.2, 0) is 4.74 Å². The van der Waals surface area contributed by atoms with Crippen LogP contribution in [0.25, 0.3) is 0 Å². The first-order valence-corrected chi connectivity index (χ1v) is 9.13. The van der Waals surface area contributed by atoms with Crippen LogP contribution in [0.15, 0.2) is 4.99 Å². The van der Waals surface area contributed by atoms with Gasteiger partial charge < -0.3 is 25.4 Å². The molecule has 2 heterocycles. The standard InChI is InChI=1S/C17H34N4O2/c1-18-16(19-8-11-21-9-4-2-3-5-10-21)20-14-17(6-12-22)7-13-23-15-17/h22H,2-15H2,1H3,(H2,18,19,20). The van der Waals surface area contributed by atoms with E-state index in [1.807, 2.05) is 7.05 Å². The van der Waals surface area contributed by atoms with Gasteiger partial charge in [0.2, 0.25) is 0 Å². The number of aliphatic imine (C=N–C) groups is 1. The molecule has 23 heavy (non-hydrogen) atoms. The van der Waals surface area contributed by atoms with Crippen LogP contribution in [0.4, 0.5) is 0 Å². The van der Waals surface area contributed by atoms with Gasteiger partial charge in [-0.05, 0) is 38.8 Å². The molecule has 2 rings (SSSR count). The van der Waals surface area contributed by atoms with Crippen molar-refractivity contribution in [1.82, 2.24) is 15.5 Å². The monoisotopic (exact) mass is 326 g/mol. The molecule has 1 atom stereocenters. The molecule has 1 unspecified atom stereocenters. The molecule has 0 aromatic heterocycles. The van der Waals surface area contributed by atoms with E-state index in [0.717, 1.165) is 51.6 Å². The van der Waals surface area contributed by atoms with E-state index in [9.17, 15) is 5.11 Å². The van der Waals surface area contributed by atoms with Gasteiger partial charge in [0.1, 0.15) is 0 Å². The Hall–Kier alpha value is -0.850. The van der Waals surface area contributed by atoms with Crippen LogP contribution in [0.1, 0.15) is 38.5 Å². The Bertz CT molecular complexity index is 349. The van der Waals surface area contributed by atoms with Crippen molar-refractivity contribution in [1.29, 1.82) is 0 Å². The first-order valence-electron chi connectivity index (χ1n) is 9.13. The zero-order valence-corrected chi connectivity index (χ0v) is 14.6. The van der Waals surface area contributed by atoms with E-state index in [2.05, 4.69) is 20.5 Å². The number of aliphatic hydroxyl groups excluding tert-OH is 1. The van der Waals surface area contributed by atoms with Crippen molar-refractivity contribution in [2.75, 3.05) is 59.6 Å². The number of likely N-dealkylation sites (tertiary alicyclic amines) is 1. The average molecular weight is 326 g/mol. The van der Waals surface area contributed by atoms with Crippen LogP contribution < -0.4 is 10.6 Å². The van der Waals surface area contributed by atoms with E-state index in [1.54, 1.807) is 0 Å². The molecular formula is C17H34N4O2. The van der Waals surface area contributed by atoms with Crippen molar-refractivity contribution < 1.29 is 9.84 Å². The molecular weight excluding hydrogens is 292 g/mol. The molecule has 2 aliphatic rings. The van der Waals surface area contributed by atoms with Gasteiger partial charge in [-0.3, -0.25) is 4.99 Å². The molecule has 6 nitrogen and oxygen atoms in total. The van der Waals surface area contributed by atoms with Crippen molar-refractivity contribution in [3.8, 4) is 0 Å². The average Bonchev–Trinajstić information content (AvgIpc) is 2.86. The van der Waals surface area contributed by atoms with Gasteiger partial charge in [0.15, 0.2) is 5.96 Å². The lowest BCUT2D eigenvalue weighted by molar-refractivity contribution is 0.127. The minimum atomic E-state index is 0.0527. The quantitative estimate of drug-likeness (QED) is 0.477. The predicted octanol–water partition coefficient (Wildman–Crippen LogP) is 0.817. The Labute approximate surface area is 140 Å². The highest BCUT2D eigenvalue weighted by Gasteiger charge is 2.34. The second kappa shape index (κ2) is 10.1. The molecule has 0 aliphatic carbocycles. The molecule has 2 aliphatic heterocycles. The zero-order valence-electron chi connectivity index (χ0n) is 14.6. The lowest BCUT2D eigenvalue weighted by Crippen LogP contribution is -2.46. The number of nitrogens with one attached hydrogen (secondary N) is 2. The van der Waals surface area contributed by atoms with E-state index in [0.29, 0.717) is 0 Å². The van der Waals surface area contributed by atoms with Crippen molar-refractivity contribution in [2.45, 2.75) is 38.5 Å². The van der Waals surface area contributed by atoms with Crippen LogP contribution >= 0.6 is 0 Å². The minimum absolute atomic E-state index is 0.0527. The van der Waals surface area contributed by atoms with Crippen molar-refractivity contribution in [3.63, 3.8) is 0 Å². The molecule has 0 amide bonds. The van der Waals surface area contributed by atoms with Gasteiger partial charge in [0.25, 0.3) is 0 Å². The summed E-state index contributed by atoms with van der Waals surface area (Å²) in [5.74, 6) is 0.851. The largest absolute Gasteiger partial charge is 0.396 e. The van der Waals surface area contributed by atoms with Gasteiger partial charge in [0.05, 0.1) is 6.61 Å². The molecule has 2 saturated heterocycles. The van der Waals surface area contributed by atoms with E-state index in [4.69, 9.17) is 4.74 Å². The molecule has 0 spiro atoms. The second-order valence-corrected chi connectivity index (χ2v) is 6.88. The summed E-state index contributed by atoms with van der Waals surface area (Å²) in [6.45, 7) is 6.99. The Morgan fingerprint density at radius 2 is 2.00 bits per heavy atom. The number of nitrogens with zero attached hydrogens (tertiary/aromatic N) is 2. The third-order valence-electron chi connectivity index (χ3n) is 5.10. The molecule has 0 aromatic carbocycles. The Kier molecular flexibility index (Phi) is 8.12. The number of rotatable bonds is 7. The van der Waals surface area contributed by atoms with Crippen LogP contribution in [0.5, 0.6) is 0 Å². The van der Waals surface area contributed by atoms with Gasteiger partial charge in [-0.15, -0.1) is 0 Å². The maximum Gasteiger partial charge on any atom is 0.191 e. The van der Waals surface area contributed by atoms with Gasteiger partial charge in [-0.2, -0.15) is 0 Å². The van der Waals surface area contributed by atoms with Crippen LogP contribution in [0.2, 0.25) is 0 Å². The summed E-state index contributed by atoms with van der Waals surface area (Å²) in [6.07, 6.45) is 7.20. The Morgan fingerprint density at radius 1 is 1.22 bits per heavy atom. The normalized spacial score (nSPS) is 27.0. The van der Waals surface area contributed by atoms with E-state index in [1.165, 1.54) is 38.8 Å². The minimum Gasteiger partial charge on any atom is -0.396 e. The summed E-state index contributed by atoms with van der Waals surface area (Å²) in [5.41, 5.74) is 0.0527. The lowest BCUT2D eigenvalue weighted by atomic mass is 9.84. The molecule has 2 fully saturated rings. The fraction of sp³-hybridized carbons (Fsp3) is 0.941. The van der Waals surface area contributed by atoms with Gasteiger partial charge in [-0.1, -0.05) is 12.8 Å². The van der Waals surface area contributed by atoms with Crippen LogP contribution in [0.3, 0.4) is 0 Å². The van der Waals surface area contributed by atoms with Crippen LogP contribution in [-0.4, -0.2) is 75.6 Å². The number of aliphatic hydroxyl groups is 1.